The molecule has 24 heavy (non-hydrogen) atoms. The van der Waals surface area contributed by atoms with Crippen LogP contribution in [0.4, 0.5) is 0 Å². The fourth-order valence-corrected chi connectivity index (χ4v) is 3.11. The number of hydrogen-bond donors (Lipinski definition) is 1. The summed E-state index contributed by atoms with van der Waals surface area (Å²) in [6, 6.07) is 10.7. The van der Waals surface area contributed by atoms with Crippen LogP contribution in [0.15, 0.2) is 47.4 Å². The summed E-state index contributed by atoms with van der Waals surface area (Å²) in [5, 5.41) is 0. The zero-order valence-corrected chi connectivity index (χ0v) is 14.3. The van der Waals surface area contributed by atoms with E-state index in [1.54, 1.807) is 24.3 Å². The largest absolute Gasteiger partial charge is 0.295 e. The van der Waals surface area contributed by atoms with E-state index in [2.05, 4.69) is 0 Å². The van der Waals surface area contributed by atoms with Crippen LogP contribution in [-0.4, -0.2) is 24.5 Å². The Balaban J connectivity index is 2.35. The lowest BCUT2D eigenvalue weighted by Gasteiger charge is -2.09. The molecule has 2 rings (SSSR count). The minimum Gasteiger partial charge on any atom is -0.295 e. The van der Waals surface area contributed by atoms with Crippen molar-refractivity contribution in [2.24, 2.45) is 0 Å². The predicted molar refractivity (Wildman–Crippen MR) is 90.1 cm³/mol. The van der Waals surface area contributed by atoms with Crippen LogP contribution in [0.1, 0.15) is 45.7 Å². The first kappa shape index (κ1) is 18.0. The van der Waals surface area contributed by atoms with Crippen LogP contribution in [0.2, 0.25) is 0 Å². The van der Waals surface area contributed by atoms with Gasteiger partial charge in [-0.3, -0.25) is 14.1 Å². The molecule has 0 aliphatic heterocycles. The summed E-state index contributed by atoms with van der Waals surface area (Å²) >= 11 is 0. The first-order valence-corrected chi connectivity index (χ1v) is 8.90. The fraction of sp³-hybridized carbons (Fsp3) is 0.222. The van der Waals surface area contributed by atoms with Gasteiger partial charge in [0.25, 0.3) is 10.1 Å². The highest BCUT2D eigenvalue weighted by molar-refractivity contribution is 7.85. The molecule has 2 aromatic rings. The zero-order chi connectivity index (χ0) is 17.9. The van der Waals surface area contributed by atoms with Gasteiger partial charge in [0.1, 0.15) is 0 Å². The van der Waals surface area contributed by atoms with E-state index in [1.807, 2.05) is 6.92 Å². The zero-order valence-electron chi connectivity index (χ0n) is 13.4. The Morgan fingerprint density at radius 3 is 2.08 bits per heavy atom. The molecule has 0 atom stereocenters. The van der Waals surface area contributed by atoms with Gasteiger partial charge in [-0.1, -0.05) is 43.3 Å². The predicted octanol–water partition coefficient (Wildman–Crippen LogP) is 3.12. The molecule has 1 N–H and O–H groups in total. The minimum atomic E-state index is -4.40. The molecule has 5 nitrogen and oxygen atoms in total. The quantitative estimate of drug-likeness (QED) is 0.641. The number of ketones is 2. The van der Waals surface area contributed by atoms with Crippen molar-refractivity contribution < 1.29 is 22.6 Å². The van der Waals surface area contributed by atoms with Gasteiger partial charge in [-0.05, 0) is 30.5 Å². The third kappa shape index (κ3) is 4.15. The molecular formula is C18H18O5S. The monoisotopic (exact) mass is 346 g/mol. The second kappa shape index (κ2) is 7.07. The van der Waals surface area contributed by atoms with Gasteiger partial charge in [0, 0.05) is 17.5 Å². The standard InChI is InChI=1S/C18H18O5S/c1-3-13-4-9-18(24(21,22)23)16(10-13)11-17(20)15-7-5-14(6-8-15)12(2)19/h4-10H,3,11H2,1-2H3,(H,21,22,23). The van der Waals surface area contributed by atoms with E-state index < -0.39 is 10.1 Å². The van der Waals surface area contributed by atoms with E-state index in [9.17, 15) is 22.6 Å². The number of benzene rings is 2. The Morgan fingerprint density at radius 2 is 1.58 bits per heavy atom. The van der Waals surface area contributed by atoms with Crippen molar-refractivity contribution in [3.8, 4) is 0 Å². The lowest BCUT2D eigenvalue weighted by Crippen LogP contribution is -2.10. The Hall–Kier alpha value is -2.31. The van der Waals surface area contributed by atoms with Crippen molar-refractivity contribution in [2.45, 2.75) is 31.6 Å². The number of carbonyl (C=O) groups excluding carboxylic acids is 2. The minimum absolute atomic E-state index is 0.0988. The number of carbonyl (C=O) groups is 2. The van der Waals surface area contributed by atoms with Crippen LogP contribution in [0, 0.1) is 0 Å². The topological polar surface area (TPSA) is 88.5 Å². The van der Waals surface area contributed by atoms with E-state index in [0.717, 1.165) is 5.56 Å². The lowest BCUT2D eigenvalue weighted by molar-refractivity contribution is 0.0987. The molecule has 0 aliphatic rings. The van der Waals surface area contributed by atoms with Crippen LogP contribution in [0.3, 0.4) is 0 Å². The van der Waals surface area contributed by atoms with E-state index >= 15 is 0 Å². The van der Waals surface area contributed by atoms with Crippen LogP contribution in [0.5, 0.6) is 0 Å². The molecule has 0 radical (unpaired) electrons. The van der Waals surface area contributed by atoms with Crippen LogP contribution in [-0.2, 0) is 23.0 Å². The molecule has 0 saturated heterocycles. The van der Waals surface area contributed by atoms with Gasteiger partial charge in [-0.15, -0.1) is 0 Å². The summed E-state index contributed by atoms with van der Waals surface area (Å²) in [5.41, 5.74) is 2.01. The molecule has 0 bridgehead atoms. The fourth-order valence-electron chi connectivity index (χ4n) is 2.41. The molecule has 0 saturated carbocycles. The van der Waals surface area contributed by atoms with Crippen LogP contribution in [0.25, 0.3) is 0 Å². The molecule has 6 heteroatoms. The molecule has 0 unspecified atom stereocenters. The Morgan fingerprint density at radius 1 is 1.00 bits per heavy atom. The molecular weight excluding hydrogens is 328 g/mol. The van der Waals surface area contributed by atoms with Crippen molar-refractivity contribution in [3.63, 3.8) is 0 Å². The van der Waals surface area contributed by atoms with Gasteiger partial charge in [-0.2, -0.15) is 8.42 Å². The van der Waals surface area contributed by atoms with Gasteiger partial charge < -0.3 is 0 Å². The van der Waals surface area contributed by atoms with E-state index in [-0.39, 0.29) is 28.4 Å². The normalized spacial score (nSPS) is 11.3. The molecule has 0 spiro atoms. The summed E-state index contributed by atoms with van der Waals surface area (Å²) in [5.74, 6) is -0.387. The van der Waals surface area contributed by atoms with Crippen molar-refractivity contribution in [3.05, 3.63) is 64.7 Å². The van der Waals surface area contributed by atoms with Gasteiger partial charge in [0.2, 0.25) is 0 Å². The van der Waals surface area contributed by atoms with E-state index in [0.29, 0.717) is 17.5 Å². The molecule has 0 amide bonds. The summed E-state index contributed by atoms with van der Waals surface area (Å²) in [6.07, 6.45) is 0.530. The summed E-state index contributed by atoms with van der Waals surface area (Å²) in [6.45, 7) is 3.35. The van der Waals surface area contributed by atoms with E-state index in [1.165, 1.54) is 25.1 Å². The maximum absolute atomic E-state index is 12.4. The third-order valence-corrected chi connectivity index (χ3v) is 4.73. The Labute approximate surface area is 141 Å². The van der Waals surface area contributed by atoms with Crippen LogP contribution < -0.4 is 0 Å². The SMILES string of the molecule is CCc1ccc(S(=O)(=O)O)c(CC(=O)c2ccc(C(C)=O)cc2)c1. The molecule has 0 heterocycles. The number of aryl methyl sites for hydroxylation is 1. The maximum Gasteiger partial charge on any atom is 0.294 e. The Bertz CT molecular complexity index is 880. The molecule has 0 aliphatic carbocycles. The third-order valence-electron chi connectivity index (χ3n) is 3.78. The van der Waals surface area contributed by atoms with E-state index in [4.69, 9.17) is 0 Å². The number of rotatable bonds is 6. The molecule has 0 fully saturated rings. The second-order valence-electron chi connectivity index (χ2n) is 5.50. The highest BCUT2D eigenvalue weighted by Crippen LogP contribution is 2.20. The highest BCUT2D eigenvalue weighted by atomic mass is 32.2. The smallest absolute Gasteiger partial charge is 0.294 e. The van der Waals surface area contributed by atoms with Crippen molar-refractivity contribution >= 4 is 21.7 Å². The summed E-state index contributed by atoms with van der Waals surface area (Å²) in [7, 11) is -4.40. The maximum atomic E-state index is 12.4. The molecule has 2 aromatic carbocycles. The van der Waals surface area contributed by atoms with Crippen molar-refractivity contribution in [2.75, 3.05) is 0 Å². The number of hydrogen-bond acceptors (Lipinski definition) is 4. The van der Waals surface area contributed by atoms with Crippen LogP contribution >= 0.6 is 0 Å². The average Bonchev–Trinajstić information content (AvgIpc) is 2.53. The van der Waals surface area contributed by atoms with Crippen molar-refractivity contribution in [1.82, 2.24) is 0 Å². The van der Waals surface area contributed by atoms with Gasteiger partial charge in [0.05, 0.1) is 4.90 Å². The van der Waals surface area contributed by atoms with Gasteiger partial charge in [0.15, 0.2) is 11.6 Å². The summed E-state index contributed by atoms with van der Waals surface area (Å²) < 4.78 is 32.3. The van der Waals surface area contributed by atoms with Gasteiger partial charge >= 0.3 is 0 Å². The second-order valence-corrected chi connectivity index (χ2v) is 6.89. The lowest BCUT2D eigenvalue weighted by atomic mass is 9.99. The Kier molecular flexibility index (Phi) is 5.31. The van der Waals surface area contributed by atoms with Gasteiger partial charge in [-0.25, -0.2) is 0 Å². The molecule has 126 valence electrons. The number of Topliss-reactive ketones (excluding diaryl/α,β-unsaturated/α-hetero) is 2. The van der Waals surface area contributed by atoms with Crippen molar-refractivity contribution in [1.29, 1.82) is 0 Å². The first-order valence-electron chi connectivity index (χ1n) is 7.46. The molecule has 0 aromatic heterocycles. The summed E-state index contributed by atoms with van der Waals surface area (Å²) in [4.78, 5) is 23.4. The highest BCUT2D eigenvalue weighted by Gasteiger charge is 2.18. The first-order chi connectivity index (χ1) is 11.2. The average molecular weight is 346 g/mol.